The summed E-state index contributed by atoms with van der Waals surface area (Å²) in [6, 6.07) is 10.7. The van der Waals surface area contributed by atoms with Crippen molar-refractivity contribution in [2.24, 2.45) is 5.73 Å². The Morgan fingerprint density at radius 3 is 2.57 bits per heavy atom. The van der Waals surface area contributed by atoms with Gasteiger partial charge in [-0.3, -0.25) is 4.72 Å². The Balaban J connectivity index is 2.29. The van der Waals surface area contributed by atoms with E-state index in [2.05, 4.69) is 4.72 Å². The number of nitrogens with one attached hydrogen (secondary N) is 1. The summed E-state index contributed by atoms with van der Waals surface area (Å²) >= 11 is 1.25. The molecular formula is C14H19N3O2S2. The third-order valence-electron chi connectivity index (χ3n) is 2.92. The van der Waals surface area contributed by atoms with Crippen molar-refractivity contribution in [2.75, 3.05) is 30.3 Å². The van der Waals surface area contributed by atoms with Crippen LogP contribution in [0.4, 0.5) is 11.4 Å². The standard InChI is InChI=1S/C14H19N3O2S2/c1-17(2)13-6-4-3-5-12(13)16-21(18,19)14-8-7-11(20-14)9-10-15/h3-8,16H,9-10,15H2,1-2H3. The molecule has 2 rings (SSSR count). The Labute approximate surface area is 129 Å². The van der Waals surface area contributed by atoms with E-state index in [-0.39, 0.29) is 0 Å². The minimum Gasteiger partial charge on any atom is -0.376 e. The van der Waals surface area contributed by atoms with Crippen molar-refractivity contribution in [3.63, 3.8) is 0 Å². The summed E-state index contributed by atoms with van der Waals surface area (Å²) in [4.78, 5) is 2.84. The van der Waals surface area contributed by atoms with Crippen LogP contribution in [0, 0.1) is 0 Å². The smallest absolute Gasteiger partial charge is 0.271 e. The zero-order valence-corrected chi connectivity index (χ0v) is 13.7. The van der Waals surface area contributed by atoms with Crippen molar-refractivity contribution >= 4 is 32.7 Å². The van der Waals surface area contributed by atoms with E-state index in [0.717, 1.165) is 10.6 Å². The van der Waals surface area contributed by atoms with Crippen LogP contribution >= 0.6 is 11.3 Å². The summed E-state index contributed by atoms with van der Waals surface area (Å²) in [5.74, 6) is 0. The van der Waals surface area contributed by atoms with E-state index in [1.807, 2.05) is 37.2 Å². The second-order valence-corrected chi connectivity index (χ2v) is 7.85. The van der Waals surface area contributed by atoms with Gasteiger partial charge in [0.1, 0.15) is 4.21 Å². The highest BCUT2D eigenvalue weighted by molar-refractivity contribution is 7.94. The van der Waals surface area contributed by atoms with Crippen LogP contribution in [-0.4, -0.2) is 29.1 Å². The molecule has 0 aliphatic rings. The monoisotopic (exact) mass is 325 g/mol. The van der Waals surface area contributed by atoms with Crippen LogP contribution in [0.1, 0.15) is 4.88 Å². The molecular weight excluding hydrogens is 306 g/mol. The molecule has 0 saturated heterocycles. The van der Waals surface area contributed by atoms with Gasteiger partial charge in [0.2, 0.25) is 0 Å². The summed E-state index contributed by atoms with van der Waals surface area (Å²) < 4.78 is 27.8. The molecule has 0 bridgehead atoms. The summed E-state index contributed by atoms with van der Waals surface area (Å²) in [7, 11) is 0.179. The summed E-state index contributed by atoms with van der Waals surface area (Å²) in [5, 5.41) is 0. The topological polar surface area (TPSA) is 75.4 Å². The Morgan fingerprint density at radius 2 is 1.90 bits per heavy atom. The average molecular weight is 325 g/mol. The van der Waals surface area contributed by atoms with Crippen molar-refractivity contribution in [3.8, 4) is 0 Å². The SMILES string of the molecule is CN(C)c1ccccc1NS(=O)(=O)c1ccc(CCN)s1. The second kappa shape index (κ2) is 6.46. The number of para-hydroxylation sites is 2. The molecule has 0 atom stereocenters. The van der Waals surface area contributed by atoms with Gasteiger partial charge < -0.3 is 10.6 Å². The predicted molar refractivity (Wildman–Crippen MR) is 88.7 cm³/mol. The minimum atomic E-state index is -3.57. The fraction of sp³-hybridized carbons (Fsp3) is 0.286. The largest absolute Gasteiger partial charge is 0.376 e. The fourth-order valence-corrected chi connectivity index (χ4v) is 4.37. The van der Waals surface area contributed by atoms with Crippen LogP contribution in [0.3, 0.4) is 0 Å². The lowest BCUT2D eigenvalue weighted by Crippen LogP contribution is -2.16. The molecule has 2 aromatic rings. The van der Waals surface area contributed by atoms with Gasteiger partial charge in [-0.1, -0.05) is 12.1 Å². The van der Waals surface area contributed by atoms with Crippen LogP contribution in [0.5, 0.6) is 0 Å². The molecule has 0 radical (unpaired) electrons. The number of hydrogen-bond donors (Lipinski definition) is 2. The van der Waals surface area contributed by atoms with Gasteiger partial charge in [0.05, 0.1) is 11.4 Å². The number of nitrogens with two attached hydrogens (primary N) is 1. The number of rotatable bonds is 6. The van der Waals surface area contributed by atoms with Crippen LogP contribution in [0.25, 0.3) is 0 Å². The molecule has 0 aliphatic heterocycles. The highest BCUT2D eigenvalue weighted by atomic mass is 32.2. The van der Waals surface area contributed by atoms with Crippen LogP contribution in [0.2, 0.25) is 0 Å². The molecule has 5 nitrogen and oxygen atoms in total. The number of thiophene rings is 1. The van der Waals surface area contributed by atoms with E-state index in [1.54, 1.807) is 18.2 Å². The molecule has 21 heavy (non-hydrogen) atoms. The Bertz CT molecular complexity index is 709. The number of nitrogens with zero attached hydrogens (tertiary/aromatic N) is 1. The molecule has 7 heteroatoms. The molecule has 0 fully saturated rings. The van der Waals surface area contributed by atoms with Crippen LogP contribution in [0.15, 0.2) is 40.6 Å². The van der Waals surface area contributed by atoms with Crippen LogP contribution < -0.4 is 15.4 Å². The van der Waals surface area contributed by atoms with Crippen molar-refractivity contribution in [1.29, 1.82) is 0 Å². The lowest BCUT2D eigenvalue weighted by Gasteiger charge is -2.17. The third kappa shape index (κ3) is 3.75. The molecule has 1 aromatic carbocycles. The quantitative estimate of drug-likeness (QED) is 0.853. The van der Waals surface area contributed by atoms with Gasteiger partial charge in [0.25, 0.3) is 10.0 Å². The molecule has 0 saturated carbocycles. The maximum Gasteiger partial charge on any atom is 0.271 e. The number of anilines is 2. The predicted octanol–water partition coefficient (Wildman–Crippen LogP) is 2.12. The van der Waals surface area contributed by atoms with E-state index < -0.39 is 10.0 Å². The number of sulfonamides is 1. The van der Waals surface area contributed by atoms with E-state index in [4.69, 9.17) is 5.73 Å². The van der Waals surface area contributed by atoms with Gasteiger partial charge in [-0.15, -0.1) is 11.3 Å². The summed E-state index contributed by atoms with van der Waals surface area (Å²) in [5.41, 5.74) is 6.88. The molecule has 1 aromatic heterocycles. The summed E-state index contributed by atoms with van der Waals surface area (Å²) in [6.45, 7) is 0.511. The first-order valence-electron chi connectivity index (χ1n) is 6.52. The normalized spacial score (nSPS) is 11.4. The first-order valence-corrected chi connectivity index (χ1v) is 8.82. The van der Waals surface area contributed by atoms with Gasteiger partial charge in [0.15, 0.2) is 0 Å². The van der Waals surface area contributed by atoms with Crippen molar-refractivity contribution in [1.82, 2.24) is 0 Å². The minimum absolute atomic E-state index is 0.305. The van der Waals surface area contributed by atoms with E-state index in [9.17, 15) is 8.42 Å². The van der Waals surface area contributed by atoms with Crippen LogP contribution in [-0.2, 0) is 16.4 Å². The van der Waals surface area contributed by atoms with Crippen molar-refractivity contribution in [3.05, 3.63) is 41.3 Å². The molecule has 0 aliphatic carbocycles. The van der Waals surface area contributed by atoms with E-state index in [0.29, 0.717) is 22.9 Å². The van der Waals surface area contributed by atoms with Gasteiger partial charge in [-0.05, 0) is 37.2 Å². The molecule has 3 N–H and O–H groups in total. The Morgan fingerprint density at radius 1 is 1.19 bits per heavy atom. The first-order chi connectivity index (χ1) is 9.94. The number of benzene rings is 1. The maximum absolute atomic E-state index is 12.4. The van der Waals surface area contributed by atoms with Gasteiger partial charge in [-0.2, -0.15) is 0 Å². The lowest BCUT2D eigenvalue weighted by molar-refractivity contribution is 0.603. The zero-order chi connectivity index (χ0) is 15.5. The summed E-state index contributed by atoms with van der Waals surface area (Å²) in [6.07, 6.45) is 0.689. The first kappa shape index (κ1) is 15.8. The second-order valence-electron chi connectivity index (χ2n) is 4.78. The molecule has 114 valence electrons. The third-order valence-corrected chi connectivity index (χ3v) is 5.93. The average Bonchev–Trinajstić information content (AvgIpc) is 2.88. The molecule has 0 unspecified atom stereocenters. The van der Waals surface area contributed by atoms with E-state index in [1.165, 1.54) is 11.3 Å². The molecule has 0 amide bonds. The maximum atomic E-state index is 12.4. The molecule has 0 spiro atoms. The number of hydrogen-bond acceptors (Lipinski definition) is 5. The highest BCUT2D eigenvalue weighted by Crippen LogP contribution is 2.28. The Hall–Kier alpha value is -1.57. The zero-order valence-electron chi connectivity index (χ0n) is 12.0. The van der Waals surface area contributed by atoms with Gasteiger partial charge in [0, 0.05) is 19.0 Å². The van der Waals surface area contributed by atoms with Crippen molar-refractivity contribution < 1.29 is 8.42 Å². The van der Waals surface area contributed by atoms with E-state index >= 15 is 0 Å². The molecule has 1 heterocycles. The fourth-order valence-electron chi connectivity index (χ4n) is 1.92. The lowest BCUT2D eigenvalue weighted by atomic mass is 10.2. The Kier molecular flexibility index (Phi) is 4.87. The van der Waals surface area contributed by atoms with Gasteiger partial charge >= 0.3 is 0 Å². The highest BCUT2D eigenvalue weighted by Gasteiger charge is 2.18. The van der Waals surface area contributed by atoms with Crippen molar-refractivity contribution in [2.45, 2.75) is 10.6 Å². The van der Waals surface area contributed by atoms with Gasteiger partial charge in [-0.25, -0.2) is 8.42 Å².